The van der Waals surface area contributed by atoms with Crippen molar-refractivity contribution >= 4 is 10.0 Å². The predicted molar refractivity (Wildman–Crippen MR) is 72.2 cm³/mol. The summed E-state index contributed by atoms with van der Waals surface area (Å²) in [5.41, 5.74) is -1.11. The largest absolute Gasteiger partial charge is 0.417 e. The molecule has 0 saturated carbocycles. The second-order valence-corrected chi connectivity index (χ2v) is 6.98. The van der Waals surface area contributed by atoms with Crippen LogP contribution in [0.15, 0.2) is 29.2 Å². The fourth-order valence-corrected chi connectivity index (χ4v) is 4.28. The Bertz CT molecular complexity index is 602. The van der Waals surface area contributed by atoms with E-state index in [4.69, 9.17) is 0 Å². The average molecular weight is 322 g/mol. The Morgan fingerprint density at radius 1 is 1.33 bits per heavy atom. The van der Waals surface area contributed by atoms with E-state index in [0.29, 0.717) is 13.0 Å². The summed E-state index contributed by atoms with van der Waals surface area (Å²) in [6, 6.07) is 4.32. The van der Waals surface area contributed by atoms with Gasteiger partial charge in [-0.2, -0.15) is 17.5 Å². The second kappa shape index (κ2) is 5.94. The molecular formula is C13H17F3N2O2S. The van der Waals surface area contributed by atoms with E-state index in [9.17, 15) is 21.6 Å². The van der Waals surface area contributed by atoms with Crippen molar-refractivity contribution in [2.24, 2.45) is 5.92 Å². The molecule has 0 bridgehead atoms. The van der Waals surface area contributed by atoms with E-state index in [0.717, 1.165) is 16.4 Å². The number of halogens is 3. The molecule has 1 N–H and O–H groups in total. The van der Waals surface area contributed by atoms with E-state index in [-0.39, 0.29) is 19.0 Å². The number of hydrogen-bond acceptors (Lipinski definition) is 3. The summed E-state index contributed by atoms with van der Waals surface area (Å²) in [6.07, 6.45) is -4.04. The minimum Gasteiger partial charge on any atom is -0.319 e. The van der Waals surface area contributed by atoms with Gasteiger partial charge in [0, 0.05) is 13.1 Å². The molecule has 2 rings (SSSR count). The quantitative estimate of drug-likeness (QED) is 0.921. The van der Waals surface area contributed by atoms with E-state index in [1.54, 1.807) is 7.05 Å². The summed E-state index contributed by atoms with van der Waals surface area (Å²) in [4.78, 5) is -0.664. The Morgan fingerprint density at radius 2 is 2.00 bits per heavy atom. The molecule has 1 aromatic carbocycles. The van der Waals surface area contributed by atoms with Crippen molar-refractivity contribution < 1.29 is 21.6 Å². The summed E-state index contributed by atoms with van der Waals surface area (Å²) in [5, 5.41) is 2.96. The van der Waals surface area contributed by atoms with Crippen LogP contribution < -0.4 is 5.32 Å². The van der Waals surface area contributed by atoms with Crippen LogP contribution in [0, 0.1) is 5.92 Å². The number of nitrogens with zero attached hydrogens (tertiary/aromatic N) is 1. The summed E-state index contributed by atoms with van der Waals surface area (Å²) < 4.78 is 65.0. The minimum atomic E-state index is -4.69. The van der Waals surface area contributed by atoms with Gasteiger partial charge < -0.3 is 5.32 Å². The third-order valence-electron chi connectivity index (χ3n) is 3.55. The number of rotatable bonds is 4. The zero-order valence-corrected chi connectivity index (χ0v) is 12.3. The highest BCUT2D eigenvalue weighted by Crippen LogP contribution is 2.36. The molecule has 0 aromatic heterocycles. The van der Waals surface area contributed by atoms with Gasteiger partial charge in [0.15, 0.2) is 0 Å². The molecule has 0 spiro atoms. The van der Waals surface area contributed by atoms with Gasteiger partial charge in [-0.05, 0) is 38.1 Å². The van der Waals surface area contributed by atoms with Crippen molar-refractivity contribution in [1.29, 1.82) is 0 Å². The maximum absolute atomic E-state index is 13.0. The highest BCUT2D eigenvalue weighted by Gasteiger charge is 2.40. The lowest BCUT2D eigenvalue weighted by Gasteiger charge is -2.19. The first-order chi connectivity index (χ1) is 9.76. The van der Waals surface area contributed by atoms with Gasteiger partial charge in [-0.25, -0.2) is 8.42 Å². The maximum Gasteiger partial charge on any atom is 0.417 e. The third-order valence-corrected chi connectivity index (χ3v) is 5.47. The van der Waals surface area contributed by atoms with Crippen LogP contribution in [0.4, 0.5) is 13.2 Å². The summed E-state index contributed by atoms with van der Waals surface area (Å²) in [6.45, 7) is 1.14. The number of sulfonamides is 1. The molecule has 1 saturated heterocycles. The summed E-state index contributed by atoms with van der Waals surface area (Å²) >= 11 is 0. The van der Waals surface area contributed by atoms with E-state index >= 15 is 0 Å². The van der Waals surface area contributed by atoms with Gasteiger partial charge >= 0.3 is 6.18 Å². The van der Waals surface area contributed by atoms with Gasteiger partial charge in [0.2, 0.25) is 10.0 Å². The minimum absolute atomic E-state index is 0.128. The average Bonchev–Trinajstić information content (AvgIpc) is 2.87. The van der Waals surface area contributed by atoms with Crippen LogP contribution in [0.5, 0.6) is 0 Å². The normalized spacial score (nSPS) is 20.9. The molecule has 4 nitrogen and oxygen atoms in total. The lowest BCUT2D eigenvalue weighted by molar-refractivity contribution is -0.139. The van der Waals surface area contributed by atoms with E-state index in [2.05, 4.69) is 5.32 Å². The standard InChI is InChI=1S/C13H17F3N2O2S/c1-17-8-10-6-7-18(9-10)21(19,20)12-5-3-2-4-11(12)13(14,15)16/h2-5,10,17H,6-9H2,1H3/t10-/m1/s1. The first kappa shape index (κ1) is 16.3. The van der Waals surface area contributed by atoms with E-state index in [1.165, 1.54) is 12.1 Å². The molecular weight excluding hydrogens is 305 g/mol. The monoisotopic (exact) mass is 322 g/mol. The molecule has 1 atom stereocenters. The first-order valence-electron chi connectivity index (χ1n) is 6.58. The molecule has 1 aromatic rings. The fourth-order valence-electron chi connectivity index (χ4n) is 2.54. The second-order valence-electron chi connectivity index (χ2n) is 5.07. The van der Waals surface area contributed by atoms with Crippen LogP contribution in [0.2, 0.25) is 0 Å². The molecule has 8 heteroatoms. The smallest absolute Gasteiger partial charge is 0.319 e. The van der Waals surface area contributed by atoms with Crippen molar-refractivity contribution in [2.75, 3.05) is 26.7 Å². The maximum atomic E-state index is 13.0. The molecule has 1 aliphatic rings. The topological polar surface area (TPSA) is 49.4 Å². The van der Waals surface area contributed by atoms with Crippen LogP contribution in [-0.2, 0) is 16.2 Å². The predicted octanol–water partition coefficient (Wildman–Crippen LogP) is 1.94. The molecule has 1 fully saturated rings. The molecule has 0 aliphatic carbocycles. The molecule has 0 amide bonds. The summed E-state index contributed by atoms with van der Waals surface area (Å²) in [5.74, 6) is 0.128. The van der Waals surface area contributed by atoms with Gasteiger partial charge in [0.1, 0.15) is 0 Å². The Hall–Kier alpha value is -1.12. The zero-order chi connectivity index (χ0) is 15.7. The van der Waals surface area contributed by atoms with Gasteiger partial charge in [-0.3, -0.25) is 0 Å². The van der Waals surface area contributed by atoms with Crippen molar-refractivity contribution in [3.8, 4) is 0 Å². The highest BCUT2D eigenvalue weighted by molar-refractivity contribution is 7.89. The molecule has 1 heterocycles. The van der Waals surface area contributed by atoms with Crippen LogP contribution in [0.25, 0.3) is 0 Å². The van der Waals surface area contributed by atoms with Crippen LogP contribution in [0.3, 0.4) is 0 Å². The SMILES string of the molecule is CNC[C@H]1CCN(S(=O)(=O)c2ccccc2C(F)(F)F)C1. The molecule has 1 aliphatic heterocycles. The lowest BCUT2D eigenvalue weighted by atomic mass is 10.1. The number of benzene rings is 1. The highest BCUT2D eigenvalue weighted by atomic mass is 32.2. The Labute approximate surface area is 122 Å². The van der Waals surface area contributed by atoms with Crippen molar-refractivity contribution in [2.45, 2.75) is 17.5 Å². The number of nitrogens with one attached hydrogen (secondary N) is 1. The Kier molecular flexibility index (Phi) is 4.60. The van der Waals surface area contributed by atoms with Crippen LogP contribution in [-0.4, -0.2) is 39.4 Å². The van der Waals surface area contributed by atoms with Gasteiger partial charge in [0.05, 0.1) is 10.5 Å². The van der Waals surface area contributed by atoms with Gasteiger partial charge in [0.25, 0.3) is 0 Å². The Balaban J connectivity index is 2.34. The molecule has 0 unspecified atom stereocenters. The number of alkyl halides is 3. The van der Waals surface area contributed by atoms with Crippen LogP contribution >= 0.6 is 0 Å². The molecule has 0 radical (unpaired) electrons. The third kappa shape index (κ3) is 3.38. The van der Waals surface area contributed by atoms with Crippen LogP contribution in [0.1, 0.15) is 12.0 Å². The molecule has 118 valence electrons. The zero-order valence-electron chi connectivity index (χ0n) is 11.5. The molecule has 21 heavy (non-hydrogen) atoms. The van der Waals surface area contributed by atoms with E-state index < -0.39 is 26.7 Å². The fraction of sp³-hybridized carbons (Fsp3) is 0.538. The van der Waals surface area contributed by atoms with Crippen molar-refractivity contribution in [1.82, 2.24) is 9.62 Å². The first-order valence-corrected chi connectivity index (χ1v) is 8.02. The van der Waals surface area contributed by atoms with E-state index in [1.807, 2.05) is 0 Å². The Morgan fingerprint density at radius 3 is 2.62 bits per heavy atom. The van der Waals surface area contributed by atoms with Crippen molar-refractivity contribution in [3.63, 3.8) is 0 Å². The summed E-state index contributed by atoms with van der Waals surface area (Å²) in [7, 11) is -2.36. The van der Waals surface area contributed by atoms with Gasteiger partial charge in [-0.1, -0.05) is 12.1 Å². The van der Waals surface area contributed by atoms with Gasteiger partial charge in [-0.15, -0.1) is 0 Å². The number of hydrogen-bond donors (Lipinski definition) is 1. The van der Waals surface area contributed by atoms with Crippen molar-refractivity contribution in [3.05, 3.63) is 29.8 Å². The lowest BCUT2D eigenvalue weighted by Crippen LogP contribution is -2.31.